The van der Waals surface area contributed by atoms with Crippen LogP contribution in [0.2, 0.25) is 0 Å². The quantitative estimate of drug-likeness (QED) is 0.164. The number of amides is 2. The standard InChI is InChI=1S/C26H19N9O3/c27-13-17-14-31-35(26-29-10-3-11-30-26)24(17)34-33-21-19-5-2-1-4-16(19)12-20(22(21)36)25(38)32-18-8-6-15(7-9-18)23(28)37/h1-12,14,33-34,36H,(H2,28,37)(H,32,38). The molecule has 2 aromatic heterocycles. The van der Waals surface area contributed by atoms with Gasteiger partial charge in [0.1, 0.15) is 17.3 Å². The number of phenolic OH excluding ortho intramolecular Hbond substituents is 1. The van der Waals surface area contributed by atoms with Gasteiger partial charge in [-0.05, 0) is 41.8 Å². The molecule has 0 aliphatic carbocycles. The number of primary amides is 1. The van der Waals surface area contributed by atoms with Crippen molar-refractivity contribution in [3.8, 4) is 17.8 Å². The van der Waals surface area contributed by atoms with Gasteiger partial charge in [0.2, 0.25) is 5.91 Å². The number of hydrogen-bond donors (Lipinski definition) is 5. The maximum Gasteiger partial charge on any atom is 0.259 e. The molecule has 38 heavy (non-hydrogen) atoms. The number of rotatable bonds is 7. The zero-order chi connectivity index (χ0) is 26.6. The molecule has 12 nitrogen and oxygen atoms in total. The van der Waals surface area contributed by atoms with Crippen LogP contribution in [0.4, 0.5) is 17.2 Å². The van der Waals surface area contributed by atoms with Gasteiger partial charge in [-0.2, -0.15) is 15.0 Å². The molecule has 5 rings (SSSR count). The van der Waals surface area contributed by atoms with Crippen LogP contribution in [0.5, 0.6) is 5.75 Å². The van der Waals surface area contributed by atoms with Gasteiger partial charge in [0.25, 0.3) is 11.9 Å². The molecular formula is C26H19N9O3. The largest absolute Gasteiger partial charge is 0.505 e. The Labute approximate surface area is 215 Å². The van der Waals surface area contributed by atoms with Crippen molar-refractivity contribution in [1.29, 1.82) is 5.26 Å². The number of anilines is 3. The van der Waals surface area contributed by atoms with Crippen molar-refractivity contribution in [3.05, 3.63) is 95.9 Å². The summed E-state index contributed by atoms with van der Waals surface area (Å²) in [5, 5.41) is 28.9. The maximum absolute atomic E-state index is 13.1. The van der Waals surface area contributed by atoms with E-state index in [-0.39, 0.29) is 34.3 Å². The first kappa shape index (κ1) is 23.8. The van der Waals surface area contributed by atoms with Crippen molar-refractivity contribution in [1.82, 2.24) is 19.7 Å². The first-order valence-corrected chi connectivity index (χ1v) is 11.2. The van der Waals surface area contributed by atoms with Gasteiger partial charge in [0.05, 0.1) is 11.8 Å². The minimum Gasteiger partial charge on any atom is -0.505 e. The molecule has 0 atom stereocenters. The number of benzene rings is 3. The predicted molar refractivity (Wildman–Crippen MR) is 140 cm³/mol. The molecule has 186 valence electrons. The summed E-state index contributed by atoms with van der Waals surface area (Å²) in [5.41, 5.74) is 12.2. The molecule has 2 amide bonds. The molecule has 12 heteroatoms. The van der Waals surface area contributed by atoms with Gasteiger partial charge in [0.15, 0.2) is 11.6 Å². The van der Waals surface area contributed by atoms with Crippen molar-refractivity contribution in [3.63, 3.8) is 0 Å². The third-order valence-corrected chi connectivity index (χ3v) is 5.63. The third-order valence-electron chi connectivity index (χ3n) is 5.63. The summed E-state index contributed by atoms with van der Waals surface area (Å²) in [6.45, 7) is 0. The second-order valence-corrected chi connectivity index (χ2v) is 7.99. The van der Waals surface area contributed by atoms with Crippen molar-refractivity contribution in [2.75, 3.05) is 16.2 Å². The molecule has 0 fully saturated rings. The van der Waals surface area contributed by atoms with Crippen molar-refractivity contribution >= 4 is 39.8 Å². The Kier molecular flexibility index (Phi) is 6.23. The summed E-state index contributed by atoms with van der Waals surface area (Å²) in [6.07, 6.45) is 4.43. The normalized spacial score (nSPS) is 10.5. The van der Waals surface area contributed by atoms with Crippen LogP contribution in [-0.2, 0) is 0 Å². The SMILES string of the molecule is N#Cc1cnn(-c2ncccn2)c1NNc1c(O)c(C(=O)Nc2ccc(C(N)=O)cc2)cc2ccccc12. The first-order valence-electron chi connectivity index (χ1n) is 11.2. The predicted octanol–water partition coefficient (Wildman–Crippen LogP) is 3.18. The molecule has 0 aliphatic rings. The van der Waals surface area contributed by atoms with E-state index in [1.807, 2.05) is 6.07 Å². The molecule has 0 saturated carbocycles. The molecule has 0 radical (unpaired) electrons. The summed E-state index contributed by atoms with van der Waals surface area (Å²) < 4.78 is 1.33. The van der Waals surface area contributed by atoms with Gasteiger partial charge in [-0.25, -0.2) is 9.97 Å². The zero-order valence-electron chi connectivity index (χ0n) is 19.6. The van der Waals surface area contributed by atoms with E-state index in [1.165, 1.54) is 47.5 Å². The molecule has 0 unspecified atom stereocenters. The summed E-state index contributed by atoms with van der Waals surface area (Å²) >= 11 is 0. The number of nitriles is 1. The van der Waals surface area contributed by atoms with E-state index in [0.717, 1.165) is 0 Å². The summed E-state index contributed by atoms with van der Waals surface area (Å²) in [7, 11) is 0. The molecule has 3 aromatic carbocycles. The molecule has 5 aromatic rings. The molecule has 2 heterocycles. The fourth-order valence-corrected chi connectivity index (χ4v) is 3.78. The highest BCUT2D eigenvalue weighted by atomic mass is 16.3. The number of aromatic nitrogens is 4. The molecular weight excluding hydrogens is 486 g/mol. The summed E-state index contributed by atoms with van der Waals surface area (Å²) in [6, 6.07) is 18.5. The smallest absolute Gasteiger partial charge is 0.259 e. The van der Waals surface area contributed by atoms with E-state index < -0.39 is 11.8 Å². The summed E-state index contributed by atoms with van der Waals surface area (Å²) in [4.78, 5) is 32.8. The van der Waals surface area contributed by atoms with E-state index in [0.29, 0.717) is 22.0 Å². The van der Waals surface area contributed by atoms with Gasteiger partial charge < -0.3 is 16.2 Å². The number of carbonyl (C=O) groups is 2. The number of fused-ring (bicyclic) bond motifs is 1. The monoisotopic (exact) mass is 505 g/mol. The second-order valence-electron chi connectivity index (χ2n) is 7.99. The lowest BCUT2D eigenvalue weighted by atomic mass is 10.0. The van der Waals surface area contributed by atoms with E-state index in [2.05, 4.69) is 31.2 Å². The molecule has 0 spiro atoms. The Morgan fingerprint density at radius 2 is 1.74 bits per heavy atom. The molecule has 0 bridgehead atoms. The lowest BCUT2D eigenvalue weighted by Crippen LogP contribution is -2.17. The van der Waals surface area contributed by atoms with Crippen LogP contribution in [0.15, 0.2) is 79.3 Å². The van der Waals surface area contributed by atoms with Crippen LogP contribution in [-0.4, -0.2) is 36.7 Å². The lowest BCUT2D eigenvalue weighted by Gasteiger charge is -2.17. The van der Waals surface area contributed by atoms with E-state index in [1.54, 1.807) is 36.4 Å². The van der Waals surface area contributed by atoms with Crippen LogP contribution in [0, 0.1) is 11.3 Å². The molecule has 0 aliphatic heterocycles. The Bertz CT molecular complexity index is 1710. The number of hydrogen-bond acceptors (Lipinski definition) is 9. The number of hydrazine groups is 1. The van der Waals surface area contributed by atoms with Crippen LogP contribution in [0.1, 0.15) is 26.3 Å². The van der Waals surface area contributed by atoms with Crippen LogP contribution < -0.4 is 21.9 Å². The lowest BCUT2D eigenvalue weighted by molar-refractivity contribution is 0.0998. The highest BCUT2D eigenvalue weighted by Crippen LogP contribution is 2.37. The zero-order valence-corrected chi connectivity index (χ0v) is 19.6. The van der Waals surface area contributed by atoms with Gasteiger partial charge >= 0.3 is 0 Å². The average molecular weight is 505 g/mol. The molecule has 6 N–H and O–H groups in total. The minimum atomic E-state index is -0.585. The third kappa shape index (κ3) is 4.50. The molecule has 0 saturated heterocycles. The number of phenols is 1. The first-order chi connectivity index (χ1) is 18.5. The topological polar surface area (TPSA) is 184 Å². The number of nitrogens with zero attached hydrogens (tertiary/aromatic N) is 5. The number of nitrogens with two attached hydrogens (primary N) is 1. The van der Waals surface area contributed by atoms with E-state index >= 15 is 0 Å². The minimum absolute atomic E-state index is 0.00705. The summed E-state index contributed by atoms with van der Waals surface area (Å²) in [5.74, 6) is -1.04. The fraction of sp³-hybridized carbons (Fsp3) is 0. The van der Waals surface area contributed by atoms with Crippen LogP contribution in [0.3, 0.4) is 0 Å². The van der Waals surface area contributed by atoms with Crippen molar-refractivity contribution in [2.24, 2.45) is 5.73 Å². The Morgan fingerprint density at radius 1 is 1.00 bits per heavy atom. The Balaban J connectivity index is 1.49. The highest BCUT2D eigenvalue weighted by molar-refractivity contribution is 6.12. The van der Waals surface area contributed by atoms with Crippen LogP contribution >= 0.6 is 0 Å². The van der Waals surface area contributed by atoms with Crippen molar-refractivity contribution < 1.29 is 14.7 Å². The van der Waals surface area contributed by atoms with Crippen LogP contribution in [0.25, 0.3) is 16.7 Å². The van der Waals surface area contributed by atoms with Gasteiger partial charge in [0, 0.05) is 29.0 Å². The number of aromatic hydroxyl groups is 1. The number of nitrogens with one attached hydrogen (secondary N) is 3. The highest BCUT2D eigenvalue weighted by Gasteiger charge is 2.20. The van der Waals surface area contributed by atoms with Gasteiger partial charge in [-0.3, -0.25) is 20.4 Å². The Hall–Kier alpha value is -5.96. The van der Waals surface area contributed by atoms with Crippen molar-refractivity contribution in [2.45, 2.75) is 0 Å². The van der Waals surface area contributed by atoms with E-state index in [4.69, 9.17) is 5.73 Å². The second kappa shape index (κ2) is 9.96. The Morgan fingerprint density at radius 3 is 2.45 bits per heavy atom. The fourth-order valence-electron chi connectivity index (χ4n) is 3.78. The number of carbonyl (C=O) groups excluding carboxylic acids is 2. The average Bonchev–Trinajstić information content (AvgIpc) is 3.36. The maximum atomic E-state index is 13.1. The van der Waals surface area contributed by atoms with Gasteiger partial charge in [-0.1, -0.05) is 24.3 Å². The van der Waals surface area contributed by atoms with Gasteiger partial charge in [-0.15, -0.1) is 0 Å². The van der Waals surface area contributed by atoms with E-state index in [9.17, 15) is 20.0 Å².